The van der Waals surface area contributed by atoms with Crippen molar-refractivity contribution in [1.82, 2.24) is 0 Å². The van der Waals surface area contributed by atoms with Crippen molar-refractivity contribution in [3.8, 4) is 35.2 Å². The van der Waals surface area contributed by atoms with Crippen molar-refractivity contribution >= 4 is 0 Å². The van der Waals surface area contributed by atoms with E-state index in [1.54, 1.807) is 13.8 Å². The molecule has 3 nitrogen and oxygen atoms in total. The highest BCUT2D eigenvalue weighted by atomic mass is 16.3. The predicted molar refractivity (Wildman–Crippen MR) is 72.9 cm³/mol. The number of phenols is 2. The molecule has 3 N–H and O–H groups in total. The third kappa shape index (κ3) is 2.52. The van der Waals surface area contributed by atoms with Crippen molar-refractivity contribution < 1.29 is 15.3 Å². The van der Waals surface area contributed by atoms with Gasteiger partial charge in [0.15, 0.2) is 0 Å². The largest absolute Gasteiger partial charge is 0.506 e. The highest BCUT2D eigenvalue weighted by Crippen LogP contribution is 2.35. The van der Waals surface area contributed by atoms with E-state index in [1.807, 2.05) is 0 Å². The van der Waals surface area contributed by atoms with Crippen LogP contribution < -0.4 is 0 Å². The Morgan fingerprint density at radius 3 is 2.21 bits per heavy atom. The molecule has 0 spiro atoms. The van der Waals surface area contributed by atoms with E-state index in [-0.39, 0.29) is 11.5 Å². The molecule has 0 saturated carbocycles. The van der Waals surface area contributed by atoms with Gasteiger partial charge in [-0.05, 0) is 37.8 Å². The first-order valence-corrected chi connectivity index (χ1v) is 6.26. The smallest absolute Gasteiger partial charge is 0.135 e. The molecule has 1 aliphatic rings. The van der Waals surface area contributed by atoms with Crippen molar-refractivity contribution in [2.24, 2.45) is 0 Å². The summed E-state index contributed by atoms with van der Waals surface area (Å²) in [6.07, 6.45) is 1.23. The van der Waals surface area contributed by atoms with Crippen LogP contribution in [0.4, 0.5) is 0 Å². The maximum Gasteiger partial charge on any atom is 0.135 e. The summed E-state index contributed by atoms with van der Waals surface area (Å²) in [5.74, 6) is 11.3. The Bertz CT molecular complexity index is 636. The molecule has 1 aliphatic carbocycles. The number of aliphatic hydroxyl groups is 1. The Hall–Kier alpha value is -2.10. The molecule has 0 fully saturated rings. The zero-order valence-electron chi connectivity index (χ0n) is 11.0. The van der Waals surface area contributed by atoms with Crippen molar-refractivity contribution in [1.29, 1.82) is 0 Å². The summed E-state index contributed by atoms with van der Waals surface area (Å²) in [5, 5.41) is 30.0. The number of hydrogen-bond donors (Lipinski definition) is 3. The number of rotatable bonds is 0. The SMILES string of the molecule is Cc1c(C)c(O)c2c(c1O)C#CCCCC(O)C#C2. The van der Waals surface area contributed by atoms with E-state index in [1.165, 1.54) is 0 Å². The highest BCUT2D eigenvalue weighted by Gasteiger charge is 2.17. The van der Waals surface area contributed by atoms with E-state index in [0.717, 1.165) is 6.42 Å². The van der Waals surface area contributed by atoms with Gasteiger partial charge >= 0.3 is 0 Å². The normalized spacial score (nSPS) is 17.5. The Morgan fingerprint density at radius 2 is 1.58 bits per heavy atom. The molecule has 1 atom stereocenters. The molecule has 3 heteroatoms. The first-order chi connectivity index (χ1) is 9.02. The fraction of sp³-hybridized carbons (Fsp3) is 0.375. The van der Waals surface area contributed by atoms with E-state index in [4.69, 9.17) is 0 Å². The van der Waals surface area contributed by atoms with Crippen molar-refractivity contribution in [2.45, 2.75) is 39.2 Å². The van der Waals surface area contributed by atoms with Crippen LogP contribution in [-0.2, 0) is 0 Å². The molecular formula is C16H16O3. The van der Waals surface area contributed by atoms with Gasteiger partial charge in [-0.25, -0.2) is 0 Å². The molecule has 0 radical (unpaired) electrons. The molecule has 0 saturated heterocycles. The first-order valence-electron chi connectivity index (χ1n) is 6.26. The molecule has 1 unspecified atom stereocenters. The Balaban J connectivity index is 2.74. The van der Waals surface area contributed by atoms with Crippen LogP contribution in [0.1, 0.15) is 41.5 Å². The van der Waals surface area contributed by atoms with Gasteiger partial charge < -0.3 is 15.3 Å². The van der Waals surface area contributed by atoms with Gasteiger partial charge in [0.25, 0.3) is 0 Å². The average molecular weight is 256 g/mol. The third-order valence-electron chi connectivity index (χ3n) is 3.35. The van der Waals surface area contributed by atoms with Crippen LogP contribution in [0.15, 0.2) is 0 Å². The van der Waals surface area contributed by atoms with E-state index < -0.39 is 6.10 Å². The van der Waals surface area contributed by atoms with Gasteiger partial charge in [-0.15, -0.1) is 0 Å². The van der Waals surface area contributed by atoms with Crippen LogP contribution >= 0.6 is 0 Å². The van der Waals surface area contributed by atoms with Crippen LogP contribution in [0.3, 0.4) is 0 Å². The molecule has 98 valence electrons. The summed E-state index contributed by atoms with van der Waals surface area (Å²) in [6.45, 7) is 3.45. The zero-order chi connectivity index (χ0) is 14.0. The second-order valence-corrected chi connectivity index (χ2v) is 4.68. The summed E-state index contributed by atoms with van der Waals surface area (Å²) in [4.78, 5) is 0. The topological polar surface area (TPSA) is 60.7 Å². The minimum absolute atomic E-state index is 0.0277. The molecule has 0 amide bonds. The lowest BCUT2D eigenvalue weighted by Gasteiger charge is -2.12. The van der Waals surface area contributed by atoms with Gasteiger partial charge in [-0.1, -0.05) is 23.7 Å². The molecule has 1 aromatic carbocycles. The standard InChI is InChI=1S/C16H16O3/c1-10-11(2)16(19)14-9-8-12(17)6-4-3-5-7-13(14)15(10)18/h12,17-19H,3-4,6H2,1-2H3. The van der Waals surface area contributed by atoms with Crippen molar-refractivity contribution in [2.75, 3.05) is 0 Å². The summed E-state index contributed by atoms with van der Waals surface area (Å²) in [6, 6.07) is 0. The van der Waals surface area contributed by atoms with Gasteiger partial charge in [-0.3, -0.25) is 0 Å². The number of phenolic OH excluding ortho intramolecular Hbond substituents is 2. The van der Waals surface area contributed by atoms with Gasteiger partial charge in [0.1, 0.15) is 17.6 Å². The van der Waals surface area contributed by atoms with Gasteiger partial charge in [0, 0.05) is 6.42 Å². The average Bonchev–Trinajstić information content (AvgIpc) is 2.40. The highest BCUT2D eigenvalue weighted by molar-refractivity contribution is 5.68. The number of aromatic hydroxyl groups is 2. The number of aliphatic hydroxyl groups excluding tert-OH is 1. The maximum absolute atomic E-state index is 10.2. The lowest BCUT2D eigenvalue weighted by molar-refractivity contribution is 0.219. The van der Waals surface area contributed by atoms with Crippen LogP contribution in [0.5, 0.6) is 11.5 Å². The lowest BCUT2D eigenvalue weighted by Crippen LogP contribution is -2.03. The Kier molecular flexibility index (Phi) is 3.69. The number of hydrogen-bond acceptors (Lipinski definition) is 3. The summed E-state index contributed by atoms with van der Waals surface area (Å²) in [5.41, 5.74) is 1.83. The fourth-order valence-electron chi connectivity index (χ4n) is 1.97. The van der Waals surface area contributed by atoms with E-state index >= 15 is 0 Å². The van der Waals surface area contributed by atoms with Gasteiger partial charge in [-0.2, -0.15) is 0 Å². The predicted octanol–water partition coefficient (Wildman–Crippen LogP) is 1.96. The summed E-state index contributed by atoms with van der Waals surface area (Å²) in [7, 11) is 0. The summed E-state index contributed by atoms with van der Waals surface area (Å²) < 4.78 is 0. The fourth-order valence-corrected chi connectivity index (χ4v) is 1.97. The third-order valence-corrected chi connectivity index (χ3v) is 3.35. The molecule has 0 bridgehead atoms. The van der Waals surface area contributed by atoms with E-state index in [2.05, 4.69) is 23.7 Å². The minimum Gasteiger partial charge on any atom is -0.506 e. The maximum atomic E-state index is 10.2. The van der Waals surface area contributed by atoms with E-state index in [9.17, 15) is 15.3 Å². The minimum atomic E-state index is -0.726. The monoisotopic (exact) mass is 256 g/mol. The number of benzene rings is 1. The van der Waals surface area contributed by atoms with Gasteiger partial charge in [0.2, 0.25) is 0 Å². The molecule has 0 heterocycles. The molecule has 0 aliphatic heterocycles. The molecule has 19 heavy (non-hydrogen) atoms. The van der Waals surface area contributed by atoms with Gasteiger partial charge in [0.05, 0.1) is 11.1 Å². The second kappa shape index (κ2) is 5.26. The van der Waals surface area contributed by atoms with Crippen LogP contribution in [0.2, 0.25) is 0 Å². The Labute approximate surface area is 112 Å². The molecule has 0 aromatic heterocycles. The van der Waals surface area contributed by atoms with Crippen molar-refractivity contribution in [3.05, 3.63) is 22.3 Å². The molecular weight excluding hydrogens is 240 g/mol. The second-order valence-electron chi connectivity index (χ2n) is 4.68. The number of fused-ring (bicyclic) bond motifs is 1. The quantitative estimate of drug-likeness (QED) is 0.491. The molecule has 2 rings (SSSR count). The van der Waals surface area contributed by atoms with Crippen LogP contribution in [-0.4, -0.2) is 21.4 Å². The lowest BCUT2D eigenvalue weighted by atomic mass is 9.96. The van der Waals surface area contributed by atoms with Crippen LogP contribution in [0.25, 0.3) is 0 Å². The summed E-state index contributed by atoms with van der Waals surface area (Å²) >= 11 is 0. The molecule has 1 aromatic rings. The van der Waals surface area contributed by atoms with Crippen LogP contribution in [0, 0.1) is 37.5 Å². The van der Waals surface area contributed by atoms with Crippen molar-refractivity contribution in [3.63, 3.8) is 0 Å². The first kappa shape index (κ1) is 13.3. The van der Waals surface area contributed by atoms with E-state index in [0.29, 0.717) is 35.1 Å². The zero-order valence-corrected chi connectivity index (χ0v) is 11.0. The Morgan fingerprint density at radius 1 is 1.00 bits per heavy atom.